The number of carbonyl (C=O) groups is 1. The highest BCUT2D eigenvalue weighted by atomic mass is 16.5. The van der Waals surface area contributed by atoms with E-state index in [-0.39, 0.29) is 0 Å². The maximum absolute atomic E-state index is 11.4. The Hall–Kier alpha value is -1.97. The fourth-order valence-electron chi connectivity index (χ4n) is 1.62. The fraction of sp³-hybridized carbons (Fsp3) is 0.182. The molecule has 1 heterocycles. The fourth-order valence-corrected chi connectivity index (χ4v) is 1.62. The second-order valence-corrected chi connectivity index (χ2v) is 3.42. The highest BCUT2D eigenvalue weighted by Crippen LogP contribution is 2.22. The number of ether oxygens (including phenoxy) is 1. The number of rotatable bonds is 1. The molecule has 1 aromatic heterocycles. The molecule has 78 valence electrons. The van der Waals surface area contributed by atoms with E-state index in [1.165, 1.54) is 7.11 Å². The Bertz CT molecular complexity index is 529. The number of nitrogens with two attached hydrogens (primary N) is 1. The number of fused-ring (bicyclic) bond motifs is 1. The van der Waals surface area contributed by atoms with E-state index in [1.54, 1.807) is 12.1 Å². The highest BCUT2D eigenvalue weighted by molar-refractivity contribution is 6.00. The number of aromatic nitrogens is 1. The molecule has 0 aliphatic rings. The van der Waals surface area contributed by atoms with Crippen molar-refractivity contribution < 1.29 is 9.53 Å². The lowest BCUT2D eigenvalue weighted by Gasteiger charge is -2.05. The molecule has 0 radical (unpaired) electrons. The third-order valence-corrected chi connectivity index (χ3v) is 2.46. The molecule has 0 aliphatic carbocycles. The minimum Gasteiger partial charge on any atom is -0.465 e. The topological polar surface area (TPSA) is 57.2 Å². The first-order valence-electron chi connectivity index (χ1n) is 4.56. The lowest BCUT2D eigenvalue weighted by molar-refractivity contribution is 0.0602. The summed E-state index contributed by atoms with van der Waals surface area (Å²) in [6.07, 6.45) is 1.92. The van der Waals surface area contributed by atoms with Crippen LogP contribution in [0.15, 0.2) is 24.4 Å². The lowest BCUT2D eigenvalue weighted by atomic mass is 10.1. The van der Waals surface area contributed by atoms with Crippen LogP contribution in [0.5, 0.6) is 0 Å². The molecule has 4 heteroatoms. The van der Waals surface area contributed by atoms with Crippen molar-refractivity contribution in [1.29, 1.82) is 0 Å². The highest BCUT2D eigenvalue weighted by Gasteiger charge is 2.12. The van der Waals surface area contributed by atoms with E-state index >= 15 is 0 Å². The quantitative estimate of drug-likeness (QED) is 0.566. The summed E-state index contributed by atoms with van der Waals surface area (Å²) in [6.45, 7) is 0. The smallest absolute Gasteiger partial charge is 0.340 e. The van der Waals surface area contributed by atoms with Crippen LogP contribution in [0, 0.1) is 0 Å². The number of esters is 1. The van der Waals surface area contributed by atoms with E-state index in [0.717, 1.165) is 10.9 Å². The average molecular weight is 204 g/mol. The van der Waals surface area contributed by atoms with Crippen molar-refractivity contribution in [2.75, 3.05) is 12.8 Å². The molecule has 2 N–H and O–H groups in total. The van der Waals surface area contributed by atoms with Crippen molar-refractivity contribution in [2.45, 2.75) is 0 Å². The van der Waals surface area contributed by atoms with E-state index in [2.05, 4.69) is 4.74 Å². The van der Waals surface area contributed by atoms with E-state index in [1.807, 2.05) is 23.9 Å². The molecule has 2 rings (SSSR count). The molecule has 0 fully saturated rings. The van der Waals surface area contributed by atoms with Crippen LogP contribution < -0.4 is 5.73 Å². The van der Waals surface area contributed by atoms with Gasteiger partial charge in [0, 0.05) is 29.8 Å². The number of benzene rings is 1. The van der Waals surface area contributed by atoms with Crippen molar-refractivity contribution in [3.8, 4) is 0 Å². The van der Waals surface area contributed by atoms with Crippen LogP contribution in [0.1, 0.15) is 10.4 Å². The van der Waals surface area contributed by atoms with Gasteiger partial charge in [0.15, 0.2) is 0 Å². The Labute approximate surface area is 87.2 Å². The zero-order chi connectivity index (χ0) is 11.0. The monoisotopic (exact) mass is 204 g/mol. The normalized spacial score (nSPS) is 10.5. The van der Waals surface area contributed by atoms with Crippen LogP contribution in [-0.2, 0) is 11.8 Å². The third kappa shape index (κ3) is 1.44. The van der Waals surface area contributed by atoms with Gasteiger partial charge >= 0.3 is 5.97 Å². The second-order valence-electron chi connectivity index (χ2n) is 3.42. The number of hydrogen-bond donors (Lipinski definition) is 1. The van der Waals surface area contributed by atoms with Crippen molar-refractivity contribution in [1.82, 2.24) is 4.57 Å². The van der Waals surface area contributed by atoms with E-state index in [9.17, 15) is 4.79 Å². The standard InChI is InChI=1S/C11H12N2O2/c1-13-4-3-7-5-9(12)8(6-10(7)13)11(14)15-2/h3-6H,12H2,1-2H3. The van der Waals surface area contributed by atoms with Crippen LogP contribution in [0.25, 0.3) is 10.9 Å². The van der Waals surface area contributed by atoms with Crippen molar-refractivity contribution in [3.63, 3.8) is 0 Å². The number of methoxy groups -OCH3 is 1. The predicted octanol–water partition coefficient (Wildman–Crippen LogP) is 1.55. The Balaban J connectivity index is 2.70. The Kier molecular flexibility index (Phi) is 2.11. The Morgan fingerprint density at radius 3 is 2.87 bits per heavy atom. The van der Waals surface area contributed by atoms with Crippen molar-refractivity contribution >= 4 is 22.6 Å². The number of nitrogen functional groups attached to an aromatic ring is 1. The van der Waals surface area contributed by atoms with Crippen LogP contribution >= 0.6 is 0 Å². The summed E-state index contributed by atoms with van der Waals surface area (Å²) >= 11 is 0. The molecule has 0 unspecified atom stereocenters. The van der Waals surface area contributed by atoms with Crippen molar-refractivity contribution in [3.05, 3.63) is 30.0 Å². The molecule has 0 atom stereocenters. The Morgan fingerprint density at radius 1 is 1.47 bits per heavy atom. The number of anilines is 1. The lowest BCUT2D eigenvalue weighted by Crippen LogP contribution is -2.05. The molecule has 0 spiro atoms. The molecule has 4 nitrogen and oxygen atoms in total. The SMILES string of the molecule is COC(=O)c1cc2c(ccn2C)cc1N. The third-order valence-electron chi connectivity index (χ3n) is 2.46. The first kappa shape index (κ1) is 9.58. The van der Waals surface area contributed by atoms with Gasteiger partial charge in [0.05, 0.1) is 12.7 Å². The zero-order valence-corrected chi connectivity index (χ0v) is 8.65. The summed E-state index contributed by atoms with van der Waals surface area (Å²) in [5, 5.41) is 1.02. The molecule has 1 aromatic carbocycles. The zero-order valence-electron chi connectivity index (χ0n) is 8.65. The maximum atomic E-state index is 11.4. The largest absolute Gasteiger partial charge is 0.465 e. The summed E-state index contributed by atoms with van der Waals surface area (Å²) in [5.74, 6) is -0.407. The van der Waals surface area contributed by atoms with Gasteiger partial charge in [0.25, 0.3) is 0 Å². The van der Waals surface area contributed by atoms with Gasteiger partial charge in [0.2, 0.25) is 0 Å². The first-order valence-corrected chi connectivity index (χ1v) is 4.56. The number of aryl methyl sites for hydroxylation is 1. The van der Waals surface area contributed by atoms with Gasteiger partial charge in [0.1, 0.15) is 0 Å². The van der Waals surface area contributed by atoms with Gasteiger partial charge in [-0.3, -0.25) is 0 Å². The summed E-state index contributed by atoms with van der Waals surface area (Å²) in [4.78, 5) is 11.4. The predicted molar refractivity (Wildman–Crippen MR) is 58.7 cm³/mol. The minimum absolute atomic E-state index is 0.407. The molecule has 15 heavy (non-hydrogen) atoms. The Morgan fingerprint density at radius 2 is 2.20 bits per heavy atom. The molecular formula is C11H12N2O2. The van der Waals surface area contributed by atoms with Crippen molar-refractivity contribution in [2.24, 2.45) is 7.05 Å². The van der Waals surface area contributed by atoms with Crippen LogP contribution in [-0.4, -0.2) is 17.6 Å². The molecule has 0 saturated carbocycles. The van der Waals surface area contributed by atoms with Gasteiger partial charge in [-0.05, 0) is 18.2 Å². The molecular weight excluding hydrogens is 192 g/mol. The number of nitrogens with zero attached hydrogens (tertiary/aromatic N) is 1. The maximum Gasteiger partial charge on any atom is 0.340 e. The van der Waals surface area contributed by atoms with Crippen LogP contribution in [0.3, 0.4) is 0 Å². The summed E-state index contributed by atoms with van der Waals surface area (Å²) < 4.78 is 6.59. The van der Waals surface area contributed by atoms with Gasteiger partial charge in [-0.15, -0.1) is 0 Å². The molecule has 0 amide bonds. The van der Waals surface area contributed by atoms with Gasteiger partial charge in [-0.1, -0.05) is 0 Å². The summed E-state index contributed by atoms with van der Waals surface area (Å²) in [7, 11) is 3.26. The molecule has 0 saturated heterocycles. The van der Waals surface area contributed by atoms with Gasteiger partial charge < -0.3 is 15.0 Å². The minimum atomic E-state index is -0.407. The van der Waals surface area contributed by atoms with Gasteiger partial charge in [-0.25, -0.2) is 4.79 Å². The van der Waals surface area contributed by atoms with E-state index in [0.29, 0.717) is 11.3 Å². The number of hydrogen-bond acceptors (Lipinski definition) is 3. The first-order chi connectivity index (χ1) is 7.13. The summed E-state index contributed by atoms with van der Waals surface area (Å²) in [5.41, 5.74) is 7.58. The average Bonchev–Trinajstić information content (AvgIpc) is 2.58. The molecule has 2 aromatic rings. The van der Waals surface area contributed by atoms with Crippen LogP contribution in [0.4, 0.5) is 5.69 Å². The van der Waals surface area contributed by atoms with E-state index < -0.39 is 5.97 Å². The second kappa shape index (κ2) is 3.31. The van der Waals surface area contributed by atoms with Crippen LogP contribution in [0.2, 0.25) is 0 Å². The molecule has 0 bridgehead atoms. The van der Waals surface area contributed by atoms with E-state index in [4.69, 9.17) is 5.73 Å². The molecule has 0 aliphatic heterocycles. The van der Waals surface area contributed by atoms with Gasteiger partial charge in [-0.2, -0.15) is 0 Å². The number of carbonyl (C=O) groups excluding carboxylic acids is 1. The summed E-state index contributed by atoms with van der Waals surface area (Å²) in [6, 6.07) is 5.48.